The molecule has 0 bridgehead atoms. The van der Waals surface area contributed by atoms with Crippen LogP contribution in [0.2, 0.25) is 0 Å². The first-order valence-electron chi connectivity index (χ1n) is 12.0. The van der Waals surface area contributed by atoms with Crippen LogP contribution < -0.4 is 0 Å². The lowest BCUT2D eigenvalue weighted by Crippen LogP contribution is -1.92. The number of para-hydroxylation sites is 2. The van der Waals surface area contributed by atoms with Crippen molar-refractivity contribution in [2.24, 2.45) is 0 Å². The first kappa shape index (κ1) is 20.5. The summed E-state index contributed by atoms with van der Waals surface area (Å²) in [6.45, 7) is 4.49. The highest BCUT2D eigenvalue weighted by atomic mass is 15.0. The lowest BCUT2D eigenvalue weighted by atomic mass is 9.95. The van der Waals surface area contributed by atoms with Crippen molar-refractivity contribution < 1.29 is 0 Å². The summed E-state index contributed by atoms with van der Waals surface area (Å²) < 4.78 is 2.36. The molecule has 0 aliphatic carbocycles. The first-order valence-corrected chi connectivity index (χ1v) is 12.0. The number of hydrogen-bond donors (Lipinski definition) is 0. The fraction of sp³-hybridized carbons (Fsp3) is 0.0909. The summed E-state index contributed by atoms with van der Waals surface area (Å²) in [4.78, 5) is 0. The highest BCUT2D eigenvalue weighted by molar-refractivity contribution is 6.10. The van der Waals surface area contributed by atoms with Crippen LogP contribution in [0.5, 0.6) is 0 Å². The van der Waals surface area contributed by atoms with Crippen LogP contribution in [0.4, 0.5) is 0 Å². The van der Waals surface area contributed by atoms with Gasteiger partial charge in [0.05, 0.1) is 11.0 Å². The van der Waals surface area contributed by atoms with E-state index in [4.69, 9.17) is 0 Å². The van der Waals surface area contributed by atoms with Gasteiger partial charge in [0.15, 0.2) is 0 Å². The van der Waals surface area contributed by atoms with E-state index in [-0.39, 0.29) is 0 Å². The van der Waals surface area contributed by atoms with E-state index in [9.17, 15) is 0 Å². The molecule has 0 aliphatic heterocycles. The minimum atomic E-state index is 0.521. The fourth-order valence-electron chi connectivity index (χ4n) is 4.96. The van der Waals surface area contributed by atoms with Gasteiger partial charge < -0.3 is 4.57 Å². The molecule has 1 heteroatoms. The van der Waals surface area contributed by atoms with Gasteiger partial charge in [0.25, 0.3) is 0 Å². The Hall–Kier alpha value is -4.10. The van der Waals surface area contributed by atoms with Gasteiger partial charge >= 0.3 is 0 Å². The van der Waals surface area contributed by atoms with Crippen molar-refractivity contribution in [2.45, 2.75) is 19.8 Å². The molecule has 0 N–H and O–H groups in total. The standard InChI is InChI=1S/C33H27N/c1-23(2)24-10-8-11-25(20-24)26-12-9-13-27(21-26)28-18-19-33-31(22-28)30-16-6-7-17-32(30)34(33)29-14-4-3-5-15-29/h3-23H,1-2H3. The number of aromatic nitrogens is 1. The van der Waals surface area contributed by atoms with Crippen molar-refractivity contribution in [3.05, 3.63) is 127 Å². The predicted octanol–water partition coefficient (Wildman–Crippen LogP) is 9.24. The quantitative estimate of drug-likeness (QED) is 0.259. The molecule has 1 heterocycles. The predicted molar refractivity (Wildman–Crippen MR) is 146 cm³/mol. The van der Waals surface area contributed by atoms with Gasteiger partial charge in [-0.25, -0.2) is 0 Å². The van der Waals surface area contributed by atoms with E-state index < -0.39 is 0 Å². The van der Waals surface area contributed by atoms with E-state index in [1.54, 1.807) is 0 Å². The molecule has 5 aromatic carbocycles. The van der Waals surface area contributed by atoms with Crippen LogP contribution in [0.15, 0.2) is 121 Å². The fourth-order valence-corrected chi connectivity index (χ4v) is 4.96. The van der Waals surface area contributed by atoms with Gasteiger partial charge in [-0.2, -0.15) is 0 Å². The smallest absolute Gasteiger partial charge is 0.0541 e. The number of fused-ring (bicyclic) bond motifs is 3. The number of hydrogen-bond acceptors (Lipinski definition) is 0. The molecule has 0 saturated carbocycles. The molecule has 164 valence electrons. The number of rotatable bonds is 4. The van der Waals surface area contributed by atoms with E-state index in [0.717, 1.165) is 0 Å². The van der Waals surface area contributed by atoms with E-state index in [2.05, 4.69) is 140 Å². The molecular weight excluding hydrogens is 410 g/mol. The molecule has 1 nitrogen and oxygen atoms in total. The molecule has 1 aromatic heterocycles. The zero-order valence-corrected chi connectivity index (χ0v) is 19.6. The molecule has 6 rings (SSSR count). The SMILES string of the molecule is CC(C)c1cccc(-c2cccc(-c3ccc4c(c3)c3ccccc3n4-c3ccccc3)c2)c1. The summed E-state index contributed by atoms with van der Waals surface area (Å²) >= 11 is 0. The van der Waals surface area contributed by atoms with Crippen LogP contribution in [-0.2, 0) is 0 Å². The van der Waals surface area contributed by atoms with Crippen molar-refractivity contribution in [1.82, 2.24) is 4.57 Å². The van der Waals surface area contributed by atoms with E-state index >= 15 is 0 Å². The van der Waals surface area contributed by atoms with Gasteiger partial charge in [0.1, 0.15) is 0 Å². The van der Waals surface area contributed by atoms with Gasteiger partial charge in [-0.15, -0.1) is 0 Å². The highest BCUT2D eigenvalue weighted by Gasteiger charge is 2.13. The molecule has 6 aromatic rings. The Morgan fingerprint density at radius 1 is 0.471 bits per heavy atom. The van der Waals surface area contributed by atoms with Gasteiger partial charge in [-0.05, 0) is 70.1 Å². The molecule has 0 aliphatic rings. The third-order valence-corrected chi connectivity index (χ3v) is 6.77. The second-order valence-corrected chi connectivity index (χ2v) is 9.28. The summed E-state index contributed by atoms with van der Waals surface area (Å²) in [6.07, 6.45) is 0. The van der Waals surface area contributed by atoms with Gasteiger partial charge in [0, 0.05) is 16.5 Å². The highest BCUT2D eigenvalue weighted by Crippen LogP contribution is 2.35. The van der Waals surface area contributed by atoms with Crippen molar-refractivity contribution in [3.8, 4) is 27.9 Å². The number of nitrogens with zero attached hydrogens (tertiary/aromatic N) is 1. The van der Waals surface area contributed by atoms with Gasteiger partial charge in [-0.3, -0.25) is 0 Å². The lowest BCUT2D eigenvalue weighted by molar-refractivity contribution is 0.867. The Kier molecular flexibility index (Phi) is 5.04. The lowest BCUT2D eigenvalue weighted by Gasteiger charge is -2.10. The first-order chi connectivity index (χ1) is 16.7. The van der Waals surface area contributed by atoms with E-state index in [0.29, 0.717) is 5.92 Å². The van der Waals surface area contributed by atoms with Crippen LogP contribution in [0.1, 0.15) is 25.3 Å². The molecular formula is C33H27N. The molecule has 0 amide bonds. The normalized spacial score (nSPS) is 11.5. The largest absolute Gasteiger partial charge is 0.309 e. The van der Waals surface area contributed by atoms with Crippen molar-refractivity contribution in [2.75, 3.05) is 0 Å². The van der Waals surface area contributed by atoms with Crippen LogP contribution in [0.25, 0.3) is 49.7 Å². The number of benzene rings is 5. The Labute approximate surface area is 200 Å². The molecule has 0 saturated heterocycles. The topological polar surface area (TPSA) is 4.93 Å². The van der Waals surface area contributed by atoms with Crippen LogP contribution >= 0.6 is 0 Å². The summed E-state index contributed by atoms with van der Waals surface area (Å²) in [6, 6.07) is 44.0. The monoisotopic (exact) mass is 437 g/mol. The second-order valence-electron chi connectivity index (χ2n) is 9.28. The third kappa shape index (κ3) is 3.50. The molecule has 0 radical (unpaired) electrons. The molecule has 0 unspecified atom stereocenters. The average molecular weight is 438 g/mol. The minimum Gasteiger partial charge on any atom is -0.309 e. The average Bonchev–Trinajstić information content (AvgIpc) is 3.23. The Morgan fingerprint density at radius 2 is 1.09 bits per heavy atom. The Morgan fingerprint density at radius 3 is 1.85 bits per heavy atom. The zero-order chi connectivity index (χ0) is 23.1. The van der Waals surface area contributed by atoms with Crippen LogP contribution in [0.3, 0.4) is 0 Å². The summed E-state index contributed by atoms with van der Waals surface area (Å²) in [5.41, 5.74) is 10.0. The summed E-state index contributed by atoms with van der Waals surface area (Å²) in [5.74, 6) is 0.521. The molecule has 0 spiro atoms. The van der Waals surface area contributed by atoms with Gasteiger partial charge in [-0.1, -0.05) is 98.8 Å². The molecule has 0 fully saturated rings. The van der Waals surface area contributed by atoms with Crippen molar-refractivity contribution in [3.63, 3.8) is 0 Å². The van der Waals surface area contributed by atoms with Crippen molar-refractivity contribution >= 4 is 21.8 Å². The van der Waals surface area contributed by atoms with Gasteiger partial charge in [0.2, 0.25) is 0 Å². The van der Waals surface area contributed by atoms with Crippen LogP contribution in [0, 0.1) is 0 Å². The zero-order valence-electron chi connectivity index (χ0n) is 19.6. The Balaban J connectivity index is 1.50. The maximum absolute atomic E-state index is 2.36. The van der Waals surface area contributed by atoms with Crippen LogP contribution in [-0.4, -0.2) is 4.57 Å². The molecule has 0 atom stereocenters. The second kappa shape index (κ2) is 8.35. The minimum absolute atomic E-state index is 0.521. The third-order valence-electron chi connectivity index (χ3n) is 6.77. The summed E-state index contributed by atoms with van der Waals surface area (Å²) in [7, 11) is 0. The maximum Gasteiger partial charge on any atom is 0.0541 e. The summed E-state index contributed by atoms with van der Waals surface area (Å²) in [5, 5.41) is 2.56. The maximum atomic E-state index is 2.36. The van der Waals surface area contributed by atoms with Crippen molar-refractivity contribution in [1.29, 1.82) is 0 Å². The van der Waals surface area contributed by atoms with E-state index in [1.807, 2.05) is 0 Å². The molecule has 34 heavy (non-hydrogen) atoms. The Bertz CT molecular complexity index is 1620. The van der Waals surface area contributed by atoms with E-state index in [1.165, 1.54) is 55.3 Å².